The molecule has 0 saturated heterocycles. The molecule has 1 rings (SSSR count). The molecule has 0 aliphatic rings. The molecule has 20 heavy (non-hydrogen) atoms. The van der Waals surface area contributed by atoms with Gasteiger partial charge in [0.2, 0.25) is 0 Å². The number of nitrogens with zero attached hydrogens (tertiary/aromatic N) is 1. The molecular weight excluding hydrogens is 297 g/mol. The van der Waals surface area contributed by atoms with Crippen LogP contribution in [0.25, 0.3) is 0 Å². The van der Waals surface area contributed by atoms with Crippen LogP contribution in [0.15, 0.2) is 36.0 Å². The summed E-state index contributed by atoms with van der Waals surface area (Å²) in [4.78, 5) is 11.6. The minimum atomic E-state index is -0.402. The van der Waals surface area contributed by atoms with Crippen LogP contribution < -0.4 is 10.6 Å². The van der Waals surface area contributed by atoms with Crippen molar-refractivity contribution < 1.29 is 4.79 Å². The van der Waals surface area contributed by atoms with Gasteiger partial charge in [0.05, 0.1) is 0 Å². The lowest BCUT2D eigenvalue weighted by atomic mass is 10.2. The Hall–Kier alpha value is -1.70. The van der Waals surface area contributed by atoms with E-state index in [1.165, 1.54) is 6.20 Å². The maximum atomic E-state index is 11.6. The first-order chi connectivity index (χ1) is 9.67. The molecule has 4 nitrogen and oxygen atoms in total. The van der Waals surface area contributed by atoms with Crippen molar-refractivity contribution >= 4 is 29.1 Å². The molecule has 0 atom stereocenters. The van der Waals surface area contributed by atoms with Crippen LogP contribution in [0.1, 0.15) is 12.0 Å². The zero-order chi connectivity index (χ0) is 14.8. The summed E-state index contributed by atoms with van der Waals surface area (Å²) >= 11 is 11.3. The smallest absolute Gasteiger partial charge is 0.263 e. The summed E-state index contributed by atoms with van der Waals surface area (Å²) in [6.07, 6.45) is 2.08. The number of hydrogen-bond acceptors (Lipinski definition) is 3. The predicted molar refractivity (Wildman–Crippen MR) is 80.3 cm³/mol. The lowest BCUT2D eigenvalue weighted by Crippen LogP contribution is -2.26. The van der Waals surface area contributed by atoms with Crippen molar-refractivity contribution in [2.45, 2.75) is 13.0 Å². The Labute approximate surface area is 128 Å². The molecule has 1 amide bonds. The number of hydrogen-bond donors (Lipinski definition) is 2. The van der Waals surface area contributed by atoms with E-state index in [2.05, 4.69) is 10.6 Å². The highest BCUT2D eigenvalue weighted by Gasteiger charge is 2.07. The van der Waals surface area contributed by atoms with Gasteiger partial charge in [0.15, 0.2) is 0 Å². The molecule has 0 fully saturated rings. The molecule has 0 radical (unpaired) electrons. The fraction of sp³-hybridized carbons (Fsp3) is 0.286. The van der Waals surface area contributed by atoms with E-state index in [-0.39, 0.29) is 5.57 Å². The van der Waals surface area contributed by atoms with Crippen LogP contribution in [-0.2, 0) is 11.3 Å². The second-order valence-corrected chi connectivity index (χ2v) is 4.79. The summed E-state index contributed by atoms with van der Waals surface area (Å²) in [5.41, 5.74) is 1.04. The Bertz CT molecular complexity index is 506. The Morgan fingerprint density at radius 1 is 1.35 bits per heavy atom. The van der Waals surface area contributed by atoms with E-state index in [9.17, 15) is 4.79 Å². The first-order valence-corrected chi connectivity index (χ1v) is 7.01. The van der Waals surface area contributed by atoms with E-state index in [1.807, 2.05) is 18.2 Å². The van der Waals surface area contributed by atoms with E-state index in [0.29, 0.717) is 30.4 Å². The SMILES string of the molecule is N#C/C(=C/NCc1ccc(Cl)cc1)C(=O)NCCCCl. The Kier molecular flexibility index (Phi) is 7.56. The second kappa shape index (κ2) is 9.24. The van der Waals surface area contributed by atoms with Gasteiger partial charge in [0, 0.05) is 30.2 Å². The molecule has 0 aliphatic carbocycles. The largest absolute Gasteiger partial charge is 0.386 e. The van der Waals surface area contributed by atoms with E-state index >= 15 is 0 Å². The predicted octanol–water partition coefficient (Wildman–Crippen LogP) is 2.58. The molecule has 0 saturated carbocycles. The highest BCUT2D eigenvalue weighted by molar-refractivity contribution is 6.30. The molecule has 0 unspecified atom stereocenters. The first-order valence-electron chi connectivity index (χ1n) is 6.09. The maximum Gasteiger partial charge on any atom is 0.263 e. The molecule has 6 heteroatoms. The summed E-state index contributed by atoms with van der Waals surface area (Å²) in [5, 5.41) is 15.1. The minimum absolute atomic E-state index is 0.0357. The van der Waals surface area contributed by atoms with Crippen molar-refractivity contribution in [1.29, 1.82) is 5.26 Å². The summed E-state index contributed by atoms with van der Waals surface area (Å²) in [5.74, 6) is 0.0713. The number of halogens is 2. The number of nitrogens with one attached hydrogen (secondary N) is 2. The van der Waals surface area contributed by atoms with Crippen LogP contribution >= 0.6 is 23.2 Å². The standard InChI is InChI=1S/C14H15Cl2N3O/c15-6-1-7-19-14(20)12(8-17)10-18-9-11-2-4-13(16)5-3-11/h2-5,10,18H,1,6-7,9H2,(H,19,20)/b12-10-. The summed E-state index contributed by atoms with van der Waals surface area (Å²) in [6, 6.07) is 9.17. The van der Waals surface area contributed by atoms with Crippen molar-refractivity contribution in [2.24, 2.45) is 0 Å². The third-order valence-corrected chi connectivity index (χ3v) is 2.95. The molecule has 0 bridgehead atoms. The number of carbonyl (C=O) groups excluding carboxylic acids is 1. The van der Waals surface area contributed by atoms with Gasteiger partial charge in [-0.2, -0.15) is 5.26 Å². The molecule has 0 aliphatic heterocycles. The molecule has 1 aromatic rings. The van der Waals surface area contributed by atoms with Crippen molar-refractivity contribution in [1.82, 2.24) is 10.6 Å². The first kappa shape index (κ1) is 16.4. The average molecular weight is 312 g/mol. The summed E-state index contributed by atoms with van der Waals surface area (Å²) in [6.45, 7) is 0.968. The molecule has 2 N–H and O–H groups in total. The van der Waals surface area contributed by atoms with Gasteiger partial charge in [0.25, 0.3) is 5.91 Å². The highest BCUT2D eigenvalue weighted by Crippen LogP contribution is 2.09. The van der Waals surface area contributed by atoms with Crippen LogP contribution in [0.4, 0.5) is 0 Å². The minimum Gasteiger partial charge on any atom is -0.386 e. The molecule has 1 aromatic carbocycles. The summed E-state index contributed by atoms with van der Waals surface area (Å²) in [7, 11) is 0. The maximum absolute atomic E-state index is 11.6. The molecule has 0 spiro atoms. The Morgan fingerprint density at radius 2 is 2.05 bits per heavy atom. The fourth-order valence-electron chi connectivity index (χ4n) is 1.39. The molecular formula is C14H15Cl2N3O. The van der Waals surface area contributed by atoms with Crippen molar-refractivity contribution in [2.75, 3.05) is 12.4 Å². The third-order valence-electron chi connectivity index (χ3n) is 2.43. The van der Waals surface area contributed by atoms with Gasteiger partial charge < -0.3 is 10.6 Å². The number of nitriles is 1. The van der Waals surface area contributed by atoms with E-state index in [4.69, 9.17) is 28.5 Å². The zero-order valence-corrected chi connectivity index (χ0v) is 12.3. The van der Waals surface area contributed by atoms with Crippen LogP contribution in [0.3, 0.4) is 0 Å². The molecule has 0 aromatic heterocycles. The van der Waals surface area contributed by atoms with E-state index in [1.54, 1.807) is 12.1 Å². The Balaban J connectivity index is 2.47. The van der Waals surface area contributed by atoms with Gasteiger partial charge in [-0.1, -0.05) is 23.7 Å². The van der Waals surface area contributed by atoms with Gasteiger partial charge >= 0.3 is 0 Å². The van der Waals surface area contributed by atoms with Crippen molar-refractivity contribution in [3.63, 3.8) is 0 Å². The quantitative estimate of drug-likeness (QED) is 0.352. The summed E-state index contributed by atoms with van der Waals surface area (Å²) < 4.78 is 0. The van der Waals surface area contributed by atoms with Gasteiger partial charge in [-0.3, -0.25) is 4.79 Å². The van der Waals surface area contributed by atoms with Crippen LogP contribution in [0.5, 0.6) is 0 Å². The third kappa shape index (κ3) is 5.96. The number of amides is 1. The monoisotopic (exact) mass is 311 g/mol. The van der Waals surface area contributed by atoms with Gasteiger partial charge in [-0.05, 0) is 24.1 Å². The molecule has 0 heterocycles. The van der Waals surface area contributed by atoms with Gasteiger partial charge in [-0.15, -0.1) is 11.6 Å². The van der Waals surface area contributed by atoms with Crippen molar-refractivity contribution in [3.05, 3.63) is 46.6 Å². The lowest BCUT2D eigenvalue weighted by Gasteiger charge is -2.04. The normalized spacial score (nSPS) is 10.8. The van der Waals surface area contributed by atoms with E-state index < -0.39 is 5.91 Å². The fourth-order valence-corrected chi connectivity index (χ4v) is 1.65. The van der Waals surface area contributed by atoms with Gasteiger partial charge in [0.1, 0.15) is 11.6 Å². The number of rotatable bonds is 7. The average Bonchev–Trinajstić information content (AvgIpc) is 2.45. The van der Waals surface area contributed by atoms with Gasteiger partial charge in [-0.25, -0.2) is 0 Å². The van der Waals surface area contributed by atoms with Crippen LogP contribution in [0.2, 0.25) is 5.02 Å². The topological polar surface area (TPSA) is 64.9 Å². The van der Waals surface area contributed by atoms with Crippen LogP contribution in [0, 0.1) is 11.3 Å². The molecule has 106 valence electrons. The Morgan fingerprint density at radius 3 is 2.65 bits per heavy atom. The highest BCUT2D eigenvalue weighted by atomic mass is 35.5. The van der Waals surface area contributed by atoms with E-state index in [0.717, 1.165) is 5.56 Å². The lowest BCUT2D eigenvalue weighted by molar-refractivity contribution is -0.117. The zero-order valence-electron chi connectivity index (χ0n) is 10.8. The number of benzene rings is 1. The number of carbonyl (C=O) groups is 1. The van der Waals surface area contributed by atoms with Crippen molar-refractivity contribution in [3.8, 4) is 6.07 Å². The number of alkyl halides is 1. The van der Waals surface area contributed by atoms with Crippen LogP contribution in [-0.4, -0.2) is 18.3 Å². The second-order valence-electron chi connectivity index (χ2n) is 3.98.